The zero-order chi connectivity index (χ0) is 24.2. The molecule has 35 heavy (non-hydrogen) atoms. The van der Waals surface area contributed by atoms with E-state index in [0.29, 0.717) is 29.0 Å². The summed E-state index contributed by atoms with van der Waals surface area (Å²) in [5.74, 6) is 0.215. The number of aromatic nitrogens is 6. The van der Waals surface area contributed by atoms with E-state index in [2.05, 4.69) is 56.6 Å². The van der Waals surface area contributed by atoms with Crippen molar-refractivity contribution >= 4 is 17.0 Å². The molecule has 0 aliphatic rings. The molecule has 176 valence electrons. The van der Waals surface area contributed by atoms with Crippen molar-refractivity contribution in [3.05, 3.63) is 84.3 Å². The molecular formula is C26H24N6O3. The highest BCUT2D eigenvalue weighted by Gasteiger charge is 2.17. The monoisotopic (exact) mass is 468 g/mol. The maximum atomic E-state index is 12.0. The number of rotatable bonds is 8. The molecule has 2 aromatic carbocycles. The summed E-state index contributed by atoms with van der Waals surface area (Å²) in [5, 5.41) is 8.70. The predicted octanol–water partition coefficient (Wildman–Crippen LogP) is 4.11. The van der Waals surface area contributed by atoms with E-state index in [0.717, 1.165) is 6.42 Å². The Kier molecular flexibility index (Phi) is 6.21. The van der Waals surface area contributed by atoms with Crippen LogP contribution in [0.1, 0.15) is 22.8 Å². The Bertz CT molecular complexity index is 1460. The number of ether oxygens (including phenoxy) is 2. The van der Waals surface area contributed by atoms with Crippen LogP contribution in [0.3, 0.4) is 0 Å². The first-order chi connectivity index (χ1) is 17.2. The zero-order valence-electron chi connectivity index (χ0n) is 19.5. The molecular weight excluding hydrogens is 444 g/mol. The molecule has 0 saturated carbocycles. The van der Waals surface area contributed by atoms with Crippen LogP contribution in [0.25, 0.3) is 28.1 Å². The lowest BCUT2D eigenvalue weighted by Crippen LogP contribution is -2.08. The van der Waals surface area contributed by atoms with E-state index >= 15 is 0 Å². The fraction of sp³-hybridized carbons (Fsp3) is 0.192. The van der Waals surface area contributed by atoms with E-state index < -0.39 is 5.97 Å². The quantitative estimate of drug-likeness (QED) is 0.316. The van der Waals surface area contributed by atoms with Gasteiger partial charge in [0.2, 0.25) is 5.88 Å². The summed E-state index contributed by atoms with van der Waals surface area (Å²) >= 11 is 0. The second-order valence-electron chi connectivity index (χ2n) is 7.84. The third-order valence-corrected chi connectivity index (χ3v) is 5.61. The number of nitrogens with zero attached hydrogens (tertiary/aromatic N) is 6. The number of methoxy groups -OCH3 is 1. The van der Waals surface area contributed by atoms with Crippen molar-refractivity contribution in [3.8, 4) is 23.0 Å². The topological polar surface area (TPSA) is 97.0 Å². The number of aryl methyl sites for hydroxylation is 2. The summed E-state index contributed by atoms with van der Waals surface area (Å²) in [7, 11) is 1.55. The van der Waals surface area contributed by atoms with E-state index in [4.69, 9.17) is 9.47 Å². The van der Waals surface area contributed by atoms with Crippen molar-refractivity contribution in [2.24, 2.45) is 0 Å². The van der Waals surface area contributed by atoms with Gasteiger partial charge in [0.1, 0.15) is 11.0 Å². The van der Waals surface area contributed by atoms with Crippen molar-refractivity contribution < 1.29 is 14.3 Å². The molecule has 5 aromatic rings. The van der Waals surface area contributed by atoms with Gasteiger partial charge in [0, 0.05) is 12.7 Å². The summed E-state index contributed by atoms with van der Waals surface area (Å²) in [6.07, 6.45) is 5.42. The first kappa shape index (κ1) is 22.3. The van der Waals surface area contributed by atoms with Crippen LogP contribution in [-0.4, -0.2) is 49.2 Å². The second kappa shape index (κ2) is 9.76. The Morgan fingerprint density at radius 1 is 0.943 bits per heavy atom. The average molecular weight is 469 g/mol. The van der Waals surface area contributed by atoms with Crippen LogP contribution < -0.4 is 4.74 Å². The van der Waals surface area contributed by atoms with Crippen LogP contribution in [0.15, 0.2) is 73.2 Å². The van der Waals surface area contributed by atoms with Crippen LogP contribution >= 0.6 is 0 Å². The Morgan fingerprint density at radius 2 is 1.71 bits per heavy atom. The lowest BCUT2D eigenvalue weighted by molar-refractivity contribution is 0.0526. The molecule has 9 heteroatoms. The molecule has 0 unspecified atom stereocenters. The lowest BCUT2D eigenvalue weighted by Gasteiger charge is -2.09. The van der Waals surface area contributed by atoms with Gasteiger partial charge in [0.05, 0.1) is 31.7 Å². The van der Waals surface area contributed by atoms with Crippen molar-refractivity contribution in [2.45, 2.75) is 19.9 Å². The van der Waals surface area contributed by atoms with Crippen LogP contribution in [0.2, 0.25) is 0 Å². The fourth-order valence-electron chi connectivity index (χ4n) is 3.85. The van der Waals surface area contributed by atoms with Crippen molar-refractivity contribution in [3.63, 3.8) is 0 Å². The minimum absolute atomic E-state index is 0.279. The third kappa shape index (κ3) is 4.61. The summed E-state index contributed by atoms with van der Waals surface area (Å²) in [6.45, 7) is 2.68. The second-order valence-corrected chi connectivity index (χ2v) is 7.84. The van der Waals surface area contributed by atoms with Gasteiger partial charge < -0.3 is 9.47 Å². The molecule has 0 N–H and O–H groups in total. The molecule has 5 rings (SSSR count). The van der Waals surface area contributed by atoms with E-state index in [9.17, 15) is 4.79 Å². The number of hydrogen-bond acceptors (Lipinski definition) is 7. The van der Waals surface area contributed by atoms with Gasteiger partial charge in [-0.05, 0) is 30.0 Å². The Morgan fingerprint density at radius 3 is 2.46 bits per heavy atom. The van der Waals surface area contributed by atoms with Crippen molar-refractivity contribution in [2.75, 3.05) is 13.7 Å². The molecule has 0 aliphatic heterocycles. The van der Waals surface area contributed by atoms with Gasteiger partial charge in [0.25, 0.3) is 5.95 Å². The third-order valence-electron chi connectivity index (χ3n) is 5.61. The van der Waals surface area contributed by atoms with E-state index in [1.54, 1.807) is 20.2 Å². The highest BCUT2D eigenvalue weighted by molar-refractivity contribution is 5.88. The number of fused-ring (bicyclic) bond motifs is 1. The summed E-state index contributed by atoms with van der Waals surface area (Å²) in [4.78, 5) is 21.0. The number of benzene rings is 2. The van der Waals surface area contributed by atoms with E-state index in [1.165, 1.54) is 33.8 Å². The first-order valence-corrected chi connectivity index (χ1v) is 11.3. The van der Waals surface area contributed by atoms with Gasteiger partial charge in [-0.15, -0.1) is 0 Å². The van der Waals surface area contributed by atoms with Gasteiger partial charge in [0.15, 0.2) is 0 Å². The van der Waals surface area contributed by atoms with Crippen molar-refractivity contribution in [1.29, 1.82) is 0 Å². The van der Waals surface area contributed by atoms with Crippen LogP contribution in [0.4, 0.5) is 0 Å². The van der Waals surface area contributed by atoms with E-state index in [-0.39, 0.29) is 12.6 Å². The SMILES string of the molecule is CCOC(=O)c1cnn(-c2nc(OC)c3c(cnn3CCc3ccc(-c4ccccc4)cc3)n2)c1. The smallest absolute Gasteiger partial charge is 0.341 e. The highest BCUT2D eigenvalue weighted by Crippen LogP contribution is 2.24. The summed E-state index contributed by atoms with van der Waals surface area (Å²) < 4.78 is 13.8. The zero-order valence-corrected chi connectivity index (χ0v) is 19.5. The number of carbonyl (C=O) groups excluding carboxylic acids is 1. The minimum Gasteiger partial charge on any atom is -0.479 e. The lowest BCUT2D eigenvalue weighted by atomic mass is 10.0. The number of carbonyl (C=O) groups is 1. The maximum absolute atomic E-state index is 12.0. The number of hydrogen-bond donors (Lipinski definition) is 0. The molecule has 0 amide bonds. The average Bonchev–Trinajstić information content (AvgIpc) is 3.56. The Balaban J connectivity index is 1.36. The number of esters is 1. The van der Waals surface area contributed by atoms with Gasteiger partial charge >= 0.3 is 5.97 Å². The van der Waals surface area contributed by atoms with Crippen molar-refractivity contribution in [1.82, 2.24) is 29.5 Å². The van der Waals surface area contributed by atoms with E-state index in [1.807, 2.05) is 22.9 Å². The molecule has 0 radical (unpaired) electrons. The summed E-state index contributed by atoms with van der Waals surface area (Å²) in [6, 6.07) is 18.9. The molecule has 0 fully saturated rings. The van der Waals surface area contributed by atoms with Crippen LogP contribution in [0.5, 0.6) is 5.88 Å². The van der Waals surface area contributed by atoms with Crippen LogP contribution in [0, 0.1) is 0 Å². The highest BCUT2D eigenvalue weighted by atomic mass is 16.5. The molecule has 0 aliphatic carbocycles. The fourth-order valence-corrected chi connectivity index (χ4v) is 3.85. The molecule has 3 aromatic heterocycles. The van der Waals surface area contributed by atoms with Gasteiger partial charge in [-0.3, -0.25) is 4.68 Å². The normalized spacial score (nSPS) is 11.0. The maximum Gasteiger partial charge on any atom is 0.341 e. The van der Waals surface area contributed by atoms with Gasteiger partial charge in [-0.1, -0.05) is 54.6 Å². The predicted molar refractivity (Wildman–Crippen MR) is 131 cm³/mol. The Hall–Kier alpha value is -4.53. The van der Waals surface area contributed by atoms with Gasteiger partial charge in [-0.25, -0.2) is 14.5 Å². The first-order valence-electron chi connectivity index (χ1n) is 11.3. The molecule has 0 spiro atoms. The molecule has 0 saturated heterocycles. The molecule has 3 heterocycles. The minimum atomic E-state index is -0.448. The Labute approximate surface area is 202 Å². The summed E-state index contributed by atoms with van der Waals surface area (Å²) in [5.41, 5.74) is 5.23. The molecule has 0 bridgehead atoms. The van der Waals surface area contributed by atoms with Gasteiger partial charge in [-0.2, -0.15) is 15.2 Å². The van der Waals surface area contributed by atoms with Crippen LogP contribution in [-0.2, 0) is 17.7 Å². The largest absolute Gasteiger partial charge is 0.479 e. The molecule has 0 atom stereocenters. The molecule has 9 nitrogen and oxygen atoms in total. The standard InChI is InChI=1S/C26H24N6O3/c1-3-35-25(33)21-15-27-32(17-21)26-29-22-16-28-31(23(22)24(30-26)34-2)14-13-18-9-11-20(12-10-18)19-7-5-4-6-8-19/h4-12,15-17H,3,13-14H2,1-2H3.